The molecule has 10 heteroatoms. The number of aromatic nitrogens is 1. The third-order valence-electron chi connectivity index (χ3n) is 5.33. The molecule has 34 heavy (non-hydrogen) atoms. The lowest BCUT2D eigenvalue weighted by molar-refractivity contribution is 0.0621. The number of rotatable bonds is 2. The van der Waals surface area contributed by atoms with E-state index < -0.39 is 23.8 Å². The number of aryl methyl sites for hydroxylation is 1. The maximum Gasteiger partial charge on any atom is 0.410 e. The van der Waals surface area contributed by atoms with Crippen molar-refractivity contribution in [2.75, 3.05) is 12.4 Å². The van der Waals surface area contributed by atoms with E-state index >= 15 is 0 Å². The number of nitrogens with zero attached hydrogens (tertiary/aromatic N) is 2. The predicted molar refractivity (Wildman–Crippen MR) is 128 cm³/mol. The van der Waals surface area contributed by atoms with Crippen molar-refractivity contribution in [2.45, 2.75) is 43.0 Å². The number of carbonyl (C=O) groups excluding carboxylic acids is 2. The molecular weight excluding hydrogens is 476 g/mol. The van der Waals surface area contributed by atoms with Crippen molar-refractivity contribution >= 4 is 35.4 Å². The molecule has 2 aliphatic heterocycles. The van der Waals surface area contributed by atoms with Gasteiger partial charge in [-0.1, -0.05) is 29.8 Å². The topological polar surface area (TPSA) is 113 Å². The Labute approximate surface area is 206 Å². The zero-order chi connectivity index (χ0) is 24.1. The highest BCUT2D eigenvalue weighted by atomic mass is 35.5. The number of nitriles is 1. The second-order valence-corrected chi connectivity index (χ2v) is 9.47. The Hall–Kier alpha value is -3.22. The molecule has 1 saturated carbocycles. The van der Waals surface area contributed by atoms with Crippen LogP contribution in [0.5, 0.6) is 5.75 Å². The minimum absolute atomic E-state index is 0.167. The summed E-state index contributed by atoms with van der Waals surface area (Å²) in [6, 6.07) is 10.8. The molecule has 1 aromatic heterocycles. The molecule has 1 atom stereocenters. The van der Waals surface area contributed by atoms with Crippen molar-refractivity contribution in [1.82, 2.24) is 15.6 Å². The van der Waals surface area contributed by atoms with Gasteiger partial charge in [-0.15, -0.1) is 11.8 Å². The molecule has 0 unspecified atom stereocenters. The molecular formula is C24H23ClN4O4S. The second kappa shape index (κ2) is 10.4. The van der Waals surface area contributed by atoms with Gasteiger partial charge in [0.15, 0.2) is 6.23 Å². The van der Waals surface area contributed by atoms with E-state index in [0.717, 1.165) is 11.3 Å². The number of pyridine rings is 1. The molecule has 3 aliphatic rings. The first-order chi connectivity index (χ1) is 16.4. The van der Waals surface area contributed by atoms with Gasteiger partial charge in [0.05, 0.1) is 16.7 Å². The largest absolute Gasteiger partial charge is 0.488 e. The summed E-state index contributed by atoms with van der Waals surface area (Å²) in [5.74, 6) is 0.698. The summed E-state index contributed by atoms with van der Waals surface area (Å²) in [5, 5.41) is 15.6. The highest BCUT2D eigenvalue weighted by Gasteiger charge is 2.45. The number of carbonyl (C=O) groups is 2. The van der Waals surface area contributed by atoms with Crippen LogP contribution < -0.4 is 15.4 Å². The number of fused-ring (bicyclic) bond motifs is 9. The molecule has 3 heterocycles. The van der Waals surface area contributed by atoms with Gasteiger partial charge < -0.3 is 20.1 Å². The normalized spacial score (nSPS) is 20.1. The molecule has 5 rings (SSSR count). The number of ether oxygens (including phenoxy) is 2. The van der Waals surface area contributed by atoms with Gasteiger partial charge in [-0.05, 0) is 49.6 Å². The van der Waals surface area contributed by atoms with Crippen LogP contribution in [0, 0.1) is 18.3 Å². The third kappa shape index (κ3) is 6.01. The Kier molecular flexibility index (Phi) is 7.29. The molecule has 1 fully saturated rings. The van der Waals surface area contributed by atoms with E-state index in [1.165, 1.54) is 11.8 Å². The number of benzene rings is 1. The zero-order valence-corrected chi connectivity index (χ0v) is 20.0. The van der Waals surface area contributed by atoms with E-state index in [4.69, 9.17) is 21.1 Å². The fourth-order valence-electron chi connectivity index (χ4n) is 3.31. The Morgan fingerprint density at radius 1 is 1.35 bits per heavy atom. The molecule has 0 saturated heterocycles. The van der Waals surface area contributed by atoms with E-state index in [-0.39, 0.29) is 6.42 Å². The number of halogens is 1. The Bertz CT molecular complexity index is 1180. The lowest BCUT2D eigenvalue weighted by Crippen LogP contribution is -2.45. The van der Waals surface area contributed by atoms with Gasteiger partial charge in [0.1, 0.15) is 22.9 Å². The number of nitrogens with one attached hydrogen (secondary N) is 2. The minimum atomic E-state index is -1.00. The van der Waals surface area contributed by atoms with E-state index in [1.54, 1.807) is 30.3 Å². The first-order valence-corrected chi connectivity index (χ1v) is 12.1. The maximum absolute atomic E-state index is 13.2. The van der Waals surface area contributed by atoms with E-state index in [0.29, 0.717) is 46.6 Å². The lowest BCUT2D eigenvalue weighted by Gasteiger charge is -2.21. The first-order valence-electron chi connectivity index (χ1n) is 10.7. The van der Waals surface area contributed by atoms with E-state index in [1.807, 2.05) is 19.1 Å². The first kappa shape index (κ1) is 23.9. The van der Waals surface area contributed by atoms with E-state index in [9.17, 15) is 14.9 Å². The Morgan fingerprint density at radius 3 is 2.91 bits per heavy atom. The molecule has 2 aromatic rings. The fraction of sp³-hybridized carbons (Fsp3) is 0.333. The molecule has 0 spiro atoms. The molecule has 2 amide bonds. The summed E-state index contributed by atoms with van der Waals surface area (Å²) in [6.45, 7) is 2.20. The number of amides is 2. The predicted octanol–water partition coefficient (Wildman–Crippen LogP) is 4.17. The van der Waals surface area contributed by atoms with Crippen molar-refractivity contribution in [3.8, 4) is 11.8 Å². The second-order valence-electron chi connectivity index (χ2n) is 8.05. The van der Waals surface area contributed by atoms with Gasteiger partial charge in [-0.25, -0.2) is 9.78 Å². The van der Waals surface area contributed by atoms with Crippen molar-refractivity contribution in [1.29, 1.82) is 5.26 Å². The van der Waals surface area contributed by atoms with Gasteiger partial charge in [0, 0.05) is 17.9 Å². The van der Waals surface area contributed by atoms with E-state index in [2.05, 4.69) is 21.7 Å². The molecule has 8 nitrogen and oxygen atoms in total. The van der Waals surface area contributed by atoms with Crippen LogP contribution >= 0.6 is 23.4 Å². The van der Waals surface area contributed by atoms with Crippen LogP contribution in [0.4, 0.5) is 4.79 Å². The monoisotopic (exact) mass is 498 g/mol. The van der Waals surface area contributed by atoms with Crippen LogP contribution in [0.25, 0.3) is 0 Å². The number of alkyl carbamates (subject to hydrolysis) is 1. The summed E-state index contributed by atoms with van der Waals surface area (Å²) >= 11 is 7.78. The minimum Gasteiger partial charge on any atom is -0.488 e. The van der Waals surface area contributed by atoms with Gasteiger partial charge in [0.2, 0.25) is 0 Å². The Balaban J connectivity index is 1.61. The van der Waals surface area contributed by atoms with Gasteiger partial charge >= 0.3 is 6.09 Å². The summed E-state index contributed by atoms with van der Waals surface area (Å²) in [6.07, 6.45) is 3.34. The van der Waals surface area contributed by atoms with Gasteiger partial charge in [0.25, 0.3) is 5.91 Å². The zero-order valence-electron chi connectivity index (χ0n) is 18.5. The van der Waals surface area contributed by atoms with Gasteiger partial charge in [-0.3, -0.25) is 4.79 Å². The van der Waals surface area contributed by atoms with Crippen molar-refractivity contribution < 1.29 is 19.1 Å². The molecule has 176 valence electrons. The number of hydrogen-bond acceptors (Lipinski definition) is 7. The number of hydrogen-bond donors (Lipinski definition) is 2. The third-order valence-corrected chi connectivity index (χ3v) is 6.57. The SMILES string of the molecule is Cc1ccc2c(n1)SC/C=C/COc1ccc(cc1Cl)C[C@H](OC(=O)NC1(C#N)CC1)NC2=O. The quantitative estimate of drug-likeness (QED) is 0.597. The standard InChI is InChI=1S/C24H23ClN4O4S/c1-15-4-6-17-21(30)28-20(33-23(31)29-24(14-26)8-9-24)13-16-5-7-19(18(25)12-16)32-10-2-3-11-34-22(17)27-15/h2-7,12,20H,8-11,13H2,1H3,(H,28,30)(H,29,31)/b3-2+/t20-/m0/s1. The summed E-state index contributed by atoms with van der Waals surface area (Å²) in [7, 11) is 0. The van der Waals surface area contributed by atoms with Crippen LogP contribution in [-0.4, -0.2) is 41.1 Å². The van der Waals surface area contributed by atoms with Crippen molar-refractivity contribution in [3.63, 3.8) is 0 Å². The summed E-state index contributed by atoms with van der Waals surface area (Å²) < 4.78 is 11.3. The summed E-state index contributed by atoms with van der Waals surface area (Å²) in [4.78, 5) is 30.2. The van der Waals surface area contributed by atoms with Crippen LogP contribution in [0.3, 0.4) is 0 Å². The average molecular weight is 499 g/mol. The smallest absolute Gasteiger partial charge is 0.410 e. The van der Waals surface area contributed by atoms with Crippen LogP contribution in [0.2, 0.25) is 5.02 Å². The summed E-state index contributed by atoms with van der Waals surface area (Å²) in [5.41, 5.74) is 1.01. The number of thioether (sulfide) groups is 1. The fourth-order valence-corrected chi connectivity index (χ4v) is 4.48. The Morgan fingerprint density at radius 2 is 2.18 bits per heavy atom. The maximum atomic E-state index is 13.2. The van der Waals surface area contributed by atoms with Crippen molar-refractivity contribution in [3.05, 3.63) is 64.3 Å². The average Bonchev–Trinajstić information content (AvgIpc) is 3.56. The van der Waals surface area contributed by atoms with Crippen molar-refractivity contribution in [2.24, 2.45) is 0 Å². The highest BCUT2D eigenvalue weighted by Crippen LogP contribution is 2.34. The van der Waals surface area contributed by atoms with Gasteiger partial charge in [-0.2, -0.15) is 5.26 Å². The molecule has 1 aromatic carbocycles. The van der Waals surface area contributed by atoms with Crippen LogP contribution in [0.1, 0.15) is 34.5 Å². The highest BCUT2D eigenvalue weighted by molar-refractivity contribution is 7.99. The molecule has 2 N–H and O–H groups in total. The lowest BCUT2D eigenvalue weighted by atomic mass is 10.1. The molecule has 0 radical (unpaired) electrons. The molecule has 2 bridgehead atoms. The van der Waals surface area contributed by atoms with Crippen LogP contribution in [-0.2, 0) is 11.2 Å². The molecule has 1 aliphatic carbocycles. The van der Waals surface area contributed by atoms with Crippen LogP contribution in [0.15, 0.2) is 47.5 Å².